The number of aryl methyl sites for hydroxylation is 4. The van der Waals surface area contributed by atoms with Gasteiger partial charge in [0.25, 0.3) is 0 Å². The first-order chi connectivity index (χ1) is 9.51. The Kier molecular flexibility index (Phi) is 3.02. The van der Waals surface area contributed by atoms with Crippen molar-refractivity contribution in [3.05, 3.63) is 44.6 Å². The van der Waals surface area contributed by atoms with Crippen molar-refractivity contribution in [3.63, 3.8) is 0 Å². The van der Waals surface area contributed by atoms with Crippen molar-refractivity contribution in [2.24, 2.45) is 0 Å². The van der Waals surface area contributed by atoms with E-state index in [0.29, 0.717) is 0 Å². The monoisotopic (exact) mass is 283 g/mol. The lowest BCUT2D eigenvalue weighted by atomic mass is 10.0. The highest BCUT2D eigenvalue weighted by molar-refractivity contribution is 7.12. The number of benzene rings is 1. The summed E-state index contributed by atoms with van der Waals surface area (Å²) in [5.74, 6) is 0. The van der Waals surface area contributed by atoms with Gasteiger partial charge in [-0.05, 0) is 45.4 Å². The average Bonchev–Trinajstić information content (AvgIpc) is 2.89. The smallest absolute Gasteiger partial charge is 0.152 e. The van der Waals surface area contributed by atoms with Crippen molar-refractivity contribution >= 4 is 28.5 Å². The van der Waals surface area contributed by atoms with Crippen LogP contribution in [0.2, 0.25) is 0 Å². The highest BCUT2D eigenvalue weighted by Crippen LogP contribution is 2.36. The van der Waals surface area contributed by atoms with Crippen LogP contribution < -0.4 is 0 Å². The van der Waals surface area contributed by atoms with Crippen molar-refractivity contribution < 1.29 is 4.79 Å². The van der Waals surface area contributed by atoms with Gasteiger partial charge in [0.05, 0.1) is 5.69 Å². The molecule has 0 saturated carbocycles. The Labute approximate surface area is 122 Å². The highest BCUT2D eigenvalue weighted by Gasteiger charge is 2.17. The van der Waals surface area contributed by atoms with Gasteiger partial charge >= 0.3 is 0 Å². The maximum Gasteiger partial charge on any atom is 0.152 e. The summed E-state index contributed by atoms with van der Waals surface area (Å²) in [7, 11) is 0. The Bertz CT molecular complexity index is 823. The second-order valence-electron chi connectivity index (χ2n) is 5.36. The molecule has 0 radical (unpaired) electrons. The number of carbonyl (C=O) groups excluding carboxylic acids is 1. The number of carbonyl (C=O) groups is 1. The Morgan fingerprint density at radius 1 is 1.10 bits per heavy atom. The van der Waals surface area contributed by atoms with Crippen molar-refractivity contribution in [3.8, 4) is 11.3 Å². The fourth-order valence-electron chi connectivity index (χ4n) is 2.89. The first-order valence-electron chi connectivity index (χ1n) is 6.66. The molecule has 2 aromatic heterocycles. The van der Waals surface area contributed by atoms with Crippen LogP contribution in [-0.2, 0) is 0 Å². The SMILES string of the molecule is Cc1cc(C)c2[nH]c(-c3cc(C)sc3C)c(C=O)c2c1. The average molecular weight is 283 g/mol. The number of aromatic amines is 1. The normalized spacial score (nSPS) is 11.2. The fraction of sp³-hybridized carbons (Fsp3) is 0.235. The molecule has 20 heavy (non-hydrogen) atoms. The summed E-state index contributed by atoms with van der Waals surface area (Å²) in [6.07, 6.45) is 0.972. The molecule has 1 aromatic carbocycles. The lowest BCUT2D eigenvalue weighted by Crippen LogP contribution is -1.84. The molecule has 0 atom stereocenters. The van der Waals surface area contributed by atoms with Crippen molar-refractivity contribution in [2.75, 3.05) is 0 Å². The van der Waals surface area contributed by atoms with Crippen LogP contribution in [-0.4, -0.2) is 11.3 Å². The molecule has 0 fully saturated rings. The van der Waals surface area contributed by atoms with Crippen LogP contribution in [0.1, 0.15) is 31.2 Å². The predicted molar refractivity (Wildman–Crippen MR) is 85.9 cm³/mol. The van der Waals surface area contributed by atoms with Gasteiger partial charge in [0.2, 0.25) is 0 Å². The molecule has 3 rings (SSSR count). The molecule has 3 heteroatoms. The summed E-state index contributed by atoms with van der Waals surface area (Å²) in [5, 5.41) is 1.02. The standard InChI is InChI=1S/C17H17NOS/c1-9-5-10(2)16-14(6-9)15(8-19)17(18-16)13-7-11(3)20-12(13)4/h5-8,18H,1-4H3. The van der Waals surface area contributed by atoms with Gasteiger partial charge in [-0.1, -0.05) is 11.6 Å². The van der Waals surface area contributed by atoms with E-state index in [2.05, 4.69) is 50.9 Å². The molecule has 1 N–H and O–H groups in total. The van der Waals surface area contributed by atoms with Crippen LogP contribution in [0.4, 0.5) is 0 Å². The molecular weight excluding hydrogens is 266 g/mol. The minimum Gasteiger partial charge on any atom is -0.354 e. The summed E-state index contributed by atoms with van der Waals surface area (Å²) >= 11 is 1.76. The number of H-pyrrole nitrogens is 1. The summed E-state index contributed by atoms with van der Waals surface area (Å²) in [5.41, 5.74) is 6.29. The van der Waals surface area contributed by atoms with E-state index in [4.69, 9.17) is 0 Å². The zero-order chi connectivity index (χ0) is 14.4. The number of hydrogen-bond acceptors (Lipinski definition) is 2. The number of thiophene rings is 1. The van der Waals surface area contributed by atoms with Gasteiger partial charge in [0.1, 0.15) is 0 Å². The highest BCUT2D eigenvalue weighted by atomic mass is 32.1. The molecule has 0 aliphatic rings. The molecule has 3 aromatic rings. The molecule has 0 aliphatic heterocycles. The van der Waals surface area contributed by atoms with Crippen LogP contribution in [0, 0.1) is 27.7 Å². The minimum atomic E-state index is 0.771. The summed E-state index contributed by atoms with van der Waals surface area (Å²) in [6, 6.07) is 6.38. The lowest BCUT2D eigenvalue weighted by Gasteiger charge is -1.98. The van der Waals surface area contributed by atoms with Crippen molar-refractivity contribution in [1.29, 1.82) is 0 Å². The Hall–Kier alpha value is -1.87. The molecule has 0 unspecified atom stereocenters. The topological polar surface area (TPSA) is 32.9 Å². The maximum absolute atomic E-state index is 11.6. The quantitative estimate of drug-likeness (QED) is 0.664. The van der Waals surface area contributed by atoms with E-state index in [0.717, 1.165) is 34.0 Å². The molecule has 0 saturated heterocycles. The van der Waals surface area contributed by atoms with Gasteiger partial charge in [0, 0.05) is 31.8 Å². The second kappa shape index (κ2) is 4.60. The zero-order valence-electron chi connectivity index (χ0n) is 12.1. The fourth-order valence-corrected chi connectivity index (χ4v) is 3.82. The molecule has 0 bridgehead atoms. The molecule has 2 nitrogen and oxygen atoms in total. The minimum absolute atomic E-state index is 0.771. The van der Waals surface area contributed by atoms with Gasteiger partial charge in [-0.2, -0.15) is 0 Å². The molecule has 102 valence electrons. The third-order valence-electron chi connectivity index (χ3n) is 3.72. The van der Waals surface area contributed by atoms with E-state index >= 15 is 0 Å². The molecule has 0 spiro atoms. The largest absolute Gasteiger partial charge is 0.354 e. The van der Waals surface area contributed by atoms with E-state index in [9.17, 15) is 4.79 Å². The van der Waals surface area contributed by atoms with Crippen molar-refractivity contribution in [1.82, 2.24) is 4.98 Å². The Morgan fingerprint density at radius 2 is 1.85 bits per heavy atom. The van der Waals surface area contributed by atoms with Crippen molar-refractivity contribution in [2.45, 2.75) is 27.7 Å². The van der Waals surface area contributed by atoms with Gasteiger partial charge < -0.3 is 4.98 Å². The van der Waals surface area contributed by atoms with Gasteiger partial charge in [-0.25, -0.2) is 0 Å². The van der Waals surface area contributed by atoms with E-state index in [-0.39, 0.29) is 0 Å². The number of nitrogens with one attached hydrogen (secondary N) is 1. The number of aromatic nitrogens is 1. The number of fused-ring (bicyclic) bond motifs is 1. The van der Waals surface area contributed by atoms with E-state index < -0.39 is 0 Å². The Morgan fingerprint density at radius 3 is 2.45 bits per heavy atom. The third-order valence-corrected chi connectivity index (χ3v) is 4.68. The van der Waals surface area contributed by atoms with Gasteiger partial charge in [0.15, 0.2) is 6.29 Å². The maximum atomic E-state index is 11.6. The first-order valence-corrected chi connectivity index (χ1v) is 7.48. The number of hydrogen-bond donors (Lipinski definition) is 1. The third kappa shape index (κ3) is 1.90. The summed E-state index contributed by atoms with van der Waals surface area (Å²) in [4.78, 5) is 17.6. The number of rotatable bonds is 2. The zero-order valence-corrected chi connectivity index (χ0v) is 12.9. The van der Waals surface area contributed by atoms with Crippen LogP contribution >= 0.6 is 11.3 Å². The van der Waals surface area contributed by atoms with E-state index in [1.807, 2.05) is 0 Å². The molecular formula is C17H17NOS. The second-order valence-corrected chi connectivity index (χ2v) is 6.82. The van der Waals surface area contributed by atoms with Crippen LogP contribution in [0.15, 0.2) is 18.2 Å². The predicted octanol–water partition coefficient (Wildman–Crippen LogP) is 4.94. The van der Waals surface area contributed by atoms with Gasteiger partial charge in [-0.15, -0.1) is 11.3 Å². The molecule has 0 amide bonds. The molecule has 2 heterocycles. The van der Waals surface area contributed by atoms with Crippen LogP contribution in [0.3, 0.4) is 0 Å². The summed E-state index contributed by atoms with van der Waals surface area (Å²) in [6.45, 7) is 8.34. The molecule has 0 aliphatic carbocycles. The van der Waals surface area contributed by atoms with Crippen LogP contribution in [0.25, 0.3) is 22.2 Å². The van der Waals surface area contributed by atoms with E-state index in [1.54, 1.807) is 11.3 Å². The first kappa shape index (κ1) is 13.1. The van der Waals surface area contributed by atoms with Crippen LogP contribution in [0.5, 0.6) is 0 Å². The number of aldehydes is 1. The van der Waals surface area contributed by atoms with E-state index in [1.165, 1.54) is 20.9 Å². The summed E-state index contributed by atoms with van der Waals surface area (Å²) < 4.78 is 0. The van der Waals surface area contributed by atoms with Gasteiger partial charge in [-0.3, -0.25) is 4.79 Å². The Balaban J connectivity index is 2.39. The lowest BCUT2D eigenvalue weighted by molar-refractivity contribution is 0.112.